The molecule has 0 radical (unpaired) electrons. The molecular weight excluding hydrogens is 327 g/mol. The number of amides is 1. The normalized spacial score (nSPS) is 16.2. The minimum Gasteiger partial charge on any atom is -0.494 e. The van der Waals surface area contributed by atoms with Crippen molar-refractivity contribution in [2.24, 2.45) is 0 Å². The molecule has 1 aromatic carbocycles. The second kappa shape index (κ2) is 7.61. The number of nitrogen functional groups attached to an aromatic ring is 1. The first-order valence-corrected chi connectivity index (χ1v) is 7.57. The molecule has 1 fully saturated rings. The second-order valence-corrected chi connectivity index (χ2v) is 5.56. The lowest BCUT2D eigenvalue weighted by molar-refractivity contribution is -0.137. The van der Waals surface area contributed by atoms with Crippen LogP contribution < -0.4 is 10.5 Å². The number of carbonyl (C=O) groups is 1. The number of anilines is 1. The van der Waals surface area contributed by atoms with Gasteiger partial charge in [0.15, 0.2) is 0 Å². The second-order valence-electron chi connectivity index (χ2n) is 5.56. The SMILES string of the molecule is Nc1ccc(OCCCN2CCN(C(=O)O)CC2)cc1C(F)(F)F. The Bertz CT molecular complexity index is 573. The molecule has 24 heavy (non-hydrogen) atoms. The molecule has 2 rings (SSSR count). The fraction of sp³-hybridized carbons (Fsp3) is 0.533. The summed E-state index contributed by atoms with van der Waals surface area (Å²) in [7, 11) is 0. The van der Waals surface area contributed by atoms with E-state index in [1.165, 1.54) is 17.0 Å². The molecule has 6 nitrogen and oxygen atoms in total. The van der Waals surface area contributed by atoms with Gasteiger partial charge in [-0.1, -0.05) is 0 Å². The van der Waals surface area contributed by atoms with Gasteiger partial charge in [0.2, 0.25) is 0 Å². The maximum absolute atomic E-state index is 12.8. The molecule has 1 aromatic rings. The number of nitrogens with two attached hydrogens (primary N) is 1. The average Bonchev–Trinajstić information content (AvgIpc) is 2.52. The van der Waals surface area contributed by atoms with Gasteiger partial charge in [-0.3, -0.25) is 4.90 Å². The van der Waals surface area contributed by atoms with Crippen molar-refractivity contribution >= 4 is 11.8 Å². The maximum Gasteiger partial charge on any atom is 0.418 e. The summed E-state index contributed by atoms with van der Waals surface area (Å²) in [4.78, 5) is 14.3. The summed E-state index contributed by atoms with van der Waals surface area (Å²) in [6.45, 7) is 3.19. The van der Waals surface area contributed by atoms with Gasteiger partial charge in [0.25, 0.3) is 0 Å². The van der Waals surface area contributed by atoms with Crippen molar-refractivity contribution in [2.45, 2.75) is 12.6 Å². The van der Waals surface area contributed by atoms with Crippen LogP contribution in [0.25, 0.3) is 0 Å². The van der Waals surface area contributed by atoms with Gasteiger partial charge >= 0.3 is 12.3 Å². The van der Waals surface area contributed by atoms with E-state index in [1.807, 2.05) is 0 Å². The van der Waals surface area contributed by atoms with Crippen LogP contribution in [0.15, 0.2) is 18.2 Å². The molecule has 0 spiro atoms. The third-order valence-electron chi connectivity index (χ3n) is 3.86. The molecule has 1 amide bonds. The number of ether oxygens (including phenoxy) is 1. The highest BCUT2D eigenvalue weighted by Gasteiger charge is 2.33. The topological polar surface area (TPSA) is 79.0 Å². The van der Waals surface area contributed by atoms with Crippen LogP contribution in [-0.4, -0.2) is 60.3 Å². The average molecular weight is 347 g/mol. The zero-order valence-corrected chi connectivity index (χ0v) is 13.1. The first-order chi connectivity index (χ1) is 11.3. The van der Waals surface area contributed by atoms with Crippen molar-refractivity contribution in [3.05, 3.63) is 23.8 Å². The van der Waals surface area contributed by atoms with Crippen molar-refractivity contribution in [3.8, 4) is 5.75 Å². The zero-order chi connectivity index (χ0) is 17.7. The van der Waals surface area contributed by atoms with E-state index in [0.717, 1.165) is 6.07 Å². The molecule has 134 valence electrons. The zero-order valence-electron chi connectivity index (χ0n) is 13.1. The number of halogens is 3. The number of carboxylic acid groups (broad SMARTS) is 1. The summed E-state index contributed by atoms with van der Waals surface area (Å²) in [6, 6.07) is 3.50. The highest BCUT2D eigenvalue weighted by Crippen LogP contribution is 2.35. The molecule has 9 heteroatoms. The molecule has 1 heterocycles. The smallest absolute Gasteiger partial charge is 0.418 e. The van der Waals surface area contributed by atoms with E-state index in [-0.39, 0.29) is 18.0 Å². The van der Waals surface area contributed by atoms with Crippen LogP contribution in [0.2, 0.25) is 0 Å². The van der Waals surface area contributed by atoms with Gasteiger partial charge in [0.1, 0.15) is 5.75 Å². The number of benzene rings is 1. The number of hydrogen-bond acceptors (Lipinski definition) is 4. The van der Waals surface area contributed by atoms with Crippen molar-refractivity contribution < 1.29 is 27.8 Å². The Kier molecular flexibility index (Phi) is 5.76. The summed E-state index contributed by atoms with van der Waals surface area (Å²) in [5.41, 5.74) is 4.11. The van der Waals surface area contributed by atoms with Gasteiger partial charge in [-0.2, -0.15) is 13.2 Å². The lowest BCUT2D eigenvalue weighted by Crippen LogP contribution is -2.48. The van der Waals surface area contributed by atoms with Gasteiger partial charge in [-0.15, -0.1) is 0 Å². The van der Waals surface area contributed by atoms with Gasteiger partial charge in [0.05, 0.1) is 12.2 Å². The molecule has 3 N–H and O–H groups in total. The quantitative estimate of drug-likeness (QED) is 0.631. The summed E-state index contributed by atoms with van der Waals surface area (Å²) in [5.74, 6) is 0.132. The van der Waals surface area contributed by atoms with Gasteiger partial charge in [0, 0.05) is 38.4 Å². The third-order valence-corrected chi connectivity index (χ3v) is 3.86. The van der Waals surface area contributed by atoms with Crippen molar-refractivity contribution in [3.63, 3.8) is 0 Å². The molecule has 0 aromatic heterocycles. The Labute approximate surface area is 137 Å². The predicted octanol–water partition coefficient (Wildman–Crippen LogP) is 2.35. The van der Waals surface area contributed by atoms with Crippen molar-refractivity contribution in [1.29, 1.82) is 0 Å². The van der Waals surface area contributed by atoms with Crippen LogP contribution >= 0.6 is 0 Å². The number of nitrogens with zero attached hydrogens (tertiary/aromatic N) is 2. The highest BCUT2D eigenvalue weighted by molar-refractivity contribution is 5.65. The molecule has 0 saturated carbocycles. The highest BCUT2D eigenvalue weighted by atomic mass is 19.4. The summed E-state index contributed by atoms with van der Waals surface area (Å²) in [6.07, 6.45) is -4.78. The third kappa shape index (κ3) is 4.92. The van der Waals surface area contributed by atoms with Gasteiger partial charge < -0.3 is 20.5 Å². The van der Waals surface area contributed by atoms with Gasteiger partial charge in [-0.25, -0.2) is 4.79 Å². The Morgan fingerprint density at radius 2 is 1.92 bits per heavy atom. The monoisotopic (exact) mass is 347 g/mol. The largest absolute Gasteiger partial charge is 0.494 e. The minimum atomic E-state index is -4.51. The number of piperazine rings is 1. The van der Waals surface area contributed by atoms with Crippen molar-refractivity contribution in [2.75, 3.05) is 45.1 Å². The molecule has 0 atom stereocenters. The van der Waals surface area contributed by atoms with Crippen LogP contribution in [0.5, 0.6) is 5.75 Å². The Morgan fingerprint density at radius 3 is 2.50 bits per heavy atom. The Balaban J connectivity index is 1.74. The standard InChI is InChI=1S/C15H20F3N3O3/c16-15(17,18)12-10-11(2-3-13(12)19)24-9-1-4-20-5-7-21(8-6-20)14(22)23/h2-3,10H,1,4-9,19H2,(H,22,23). The van der Waals surface area contributed by atoms with E-state index in [2.05, 4.69) is 4.90 Å². The number of rotatable bonds is 5. The molecule has 1 aliphatic heterocycles. The first-order valence-electron chi connectivity index (χ1n) is 7.57. The molecule has 1 aliphatic rings. The van der Waals surface area contributed by atoms with Gasteiger partial charge in [-0.05, 0) is 24.6 Å². The predicted molar refractivity (Wildman–Crippen MR) is 82.0 cm³/mol. The van der Waals surface area contributed by atoms with Crippen LogP contribution in [0.3, 0.4) is 0 Å². The van der Waals surface area contributed by atoms with Crippen LogP contribution in [0.1, 0.15) is 12.0 Å². The first kappa shape index (κ1) is 18.2. The number of alkyl halides is 3. The number of hydrogen-bond donors (Lipinski definition) is 2. The maximum atomic E-state index is 12.8. The fourth-order valence-electron chi connectivity index (χ4n) is 2.51. The van der Waals surface area contributed by atoms with Crippen LogP contribution in [0.4, 0.5) is 23.7 Å². The molecule has 1 saturated heterocycles. The van der Waals surface area contributed by atoms with E-state index in [9.17, 15) is 18.0 Å². The van der Waals surface area contributed by atoms with Crippen molar-refractivity contribution in [1.82, 2.24) is 9.80 Å². The van der Waals surface area contributed by atoms with Crippen LogP contribution in [0, 0.1) is 0 Å². The van der Waals surface area contributed by atoms with E-state index in [4.69, 9.17) is 15.6 Å². The van der Waals surface area contributed by atoms with E-state index < -0.39 is 17.8 Å². The summed E-state index contributed by atoms with van der Waals surface area (Å²) >= 11 is 0. The summed E-state index contributed by atoms with van der Waals surface area (Å²) < 4.78 is 43.6. The fourth-order valence-corrected chi connectivity index (χ4v) is 2.51. The molecular formula is C15H20F3N3O3. The molecule has 0 bridgehead atoms. The van der Waals surface area contributed by atoms with E-state index in [1.54, 1.807) is 0 Å². The van der Waals surface area contributed by atoms with E-state index >= 15 is 0 Å². The Morgan fingerprint density at radius 1 is 1.25 bits per heavy atom. The van der Waals surface area contributed by atoms with Crippen LogP contribution in [-0.2, 0) is 6.18 Å². The molecule has 0 unspecified atom stereocenters. The Hall–Kier alpha value is -2.16. The van der Waals surface area contributed by atoms with E-state index in [0.29, 0.717) is 39.1 Å². The lowest BCUT2D eigenvalue weighted by Gasteiger charge is -2.32. The minimum absolute atomic E-state index is 0.132. The lowest BCUT2D eigenvalue weighted by atomic mass is 10.1. The molecule has 0 aliphatic carbocycles. The summed E-state index contributed by atoms with van der Waals surface area (Å²) in [5, 5.41) is 8.86.